The molecule has 5 nitrogen and oxygen atoms in total. The van der Waals surface area contributed by atoms with E-state index in [4.69, 9.17) is 0 Å². The minimum Gasteiger partial charge on any atom is -0.274 e. The summed E-state index contributed by atoms with van der Waals surface area (Å²) in [6.07, 6.45) is -2.41. The van der Waals surface area contributed by atoms with Gasteiger partial charge in [0.1, 0.15) is 11.4 Å². The zero-order valence-corrected chi connectivity index (χ0v) is 11.8. The van der Waals surface area contributed by atoms with Crippen LogP contribution in [-0.4, -0.2) is 47.1 Å². The fourth-order valence-electron chi connectivity index (χ4n) is 1.26. The van der Waals surface area contributed by atoms with Gasteiger partial charge >= 0.3 is 6.18 Å². The maximum atomic E-state index is 12.3. The molecule has 0 aliphatic heterocycles. The van der Waals surface area contributed by atoms with Gasteiger partial charge in [0.15, 0.2) is 0 Å². The number of hydrogen-bond acceptors (Lipinski definition) is 3. The fourth-order valence-corrected chi connectivity index (χ4v) is 3.33. The lowest BCUT2D eigenvalue weighted by molar-refractivity contribution is -0.135. The van der Waals surface area contributed by atoms with Crippen LogP contribution in [-0.2, 0) is 17.1 Å². The Morgan fingerprint density at radius 3 is 2.50 bits per heavy atom. The number of aryl methyl sites for hydroxylation is 1. The third-order valence-electron chi connectivity index (χ3n) is 2.01. The van der Waals surface area contributed by atoms with Crippen LogP contribution in [0.25, 0.3) is 0 Å². The van der Waals surface area contributed by atoms with Gasteiger partial charge in [0.25, 0.3) is 0 Å². The zero-order valence-electron chi connectivity index (χ0n) is 9.35. The second-order valence-corrected chi connectivity index (χ2v) is 6.22. The molecular formula is C8H11BrF3N3O2S. The molecule has 0 aliphatic rings. The standard InChI is InChI=1S/C8H11BrF3N3O2S/c1-14-5-7(4-13-14)18(16,17)15(3-2-9)6-8(10,11)12/h4-5H,2-3,6H2,1H3. The lowest BCUT2D eigenvalue weighted by Gasteiger charge is -2.21. The molecule has 0 radical (unpaired) electrons. The van der Waals surface area contributed by atoms with E-state index in [1.54, 1.807) is 0 Å². The van der Waals surface area contributed by atoms with Gasteiger partial charge in [0, 0.05) is 25.1 Å². The molecule has 0 saturated carbocycles. The van der Waals surface area contributed by atoms with Crippen LogP contribution in [0.4, 0.5) is 13.2 Å². The van der Waals surface area contributed by atoms with E-state index in [-0.39, 0.29) is 16.8 Å². The Labute approximate surface area is 111 Å². The largest absolute Gasteiger partial charge is 0.402 e. The van der Waals surface area contributed by atoms with Gasteiger partial charge < -0.3 is 0 Å². The number of nitrogens with zero attached hydrogens (tertiary/aromatic N) is 3. The van der Waals surface area contributed by atoms with Crippen LogP contribution >= 0.6 is 15.9 Å². The minimum absolute atomic E-state index is 0.114. The molecule has 18 heavy (non-hydrogen) atoms. The molecule has 1 aromatic rings. The summed E-state index contributed by atoms with van der Waals surface area (Å²) in [5, 5.41) is 3.75. The maximum Gasteiger partial charge on any atom is 0.402 e. The Kier molecular flexibility index (Phi) is 4.78. The molecule has 0 saturated heterocycles. The van der Waals surface area contributed by atoms with Crippen molar-refractivity contribution in [3.63, 3.8) is 0 Å². The van der Waals surface area contributed by atoms with E-state index in [1.807, 2.05) is 0 Å². The van der Waals surface area contributed by atoms with E-state index >= 15 is 0 Å². The van der Waals surface area contributed by atoms with Crippen molar-refractivity contribution in [2.45, 2.75) is 11.1 Å². The van der Waals surface area contributed by atoms with Crippen LogP contribution in [0.5, 0.6) is 0 Å². The summed E-state index contributed by atoms with van der Waals surface area (Å²) >= 11 is 2.93. The van der Waals surface area contributed by atoms with Crippen LogP contribution in [0, 0.1) is 0 Å². The Balaban J connectivity index is 3.04. The van der Waals surface area contributed by atoms with Gasteiger partial charge in [-0.05, 0) is 0 Å². The average Bonchev–Trinajstić information content (AvgIpc) is 2.63. The quantitative estimate of drug-likeness (QED) is 0.754. The minimum atomic E-state index is -4.59. The van der Waals surface area contributed by atoms with Crippen molar-refractivity contribution < 1.29 is 21.6 Å². The predicted molar refractivity (Wildman–Crippen MR) is 61.8 cm³/mol. The molecule has 0 aromatic carbocycles. The lowest BCUT2D eigenvalue weighted by Crippen LogP contribution is -2.39. The molecule has 0 N–H and O–H groups in total. The van der Waals surface area contributed by atoms with Gasteiger partial charge in [-0.15, -0.1) is 0 Å². The molecular weight excluding hydrogens is 339 g/mol. The highest BCUT2D eigenvalue weighted by molar-refractivity contribution is 9.09. The predicted octanol–water partition coefficient (Wildman–Crippen LogP) is 1.37. The molecule has 1 heterocycles. The molecule has 0 aliphatic carbocycles. The number of rotatable bonds is 5. The van der Waals surface area contributed by atoms with E-state index in [0.29, 0.717) is 4.31 Å². The summed E-state index contributed by atoms with van der Waals surface area (Å²) in [7, 11) is -2.69. The van der Waals surface area contributed by atoms with Crippen molar-refractivity contribution >= 4 is 26.0 Å². The first-order valence-electron chi connectivity index (χ1n) is 4.78. The lowest BCUT2D eigenvalue weighted by atomic mass is 10.6. The van der Waals surface area contributed by atoms with E-state index in [0.717, 1.165) is 12.4 Å². The summed E-state index contributed by atoms with van der Waals surface area (Å²) < 4.78 is 62.5. The van der Waals surface area contributed by atoms with Crippen molar-refractivity contribution in [3.8, 4) is 0 Å². The Morgan fingerprint density at radius 1 is 1.50 bits per heavy atom. The van der Waals surface area contributed by atoms with Gasteiger partial charge in [0.2, 0.25) is 10.0 Å². The summed E-state index contributed by atoms with van der Waals surface area (Å²) in [5.74, 6) is 0. The summed E-state index contributed by atoms with van der Waals surface area (Å²) in [6.45, 7) is -1.79. The molecule has 1 rings (SSSR count). The highest BCUT2D eigenvalue weighted by Crippen LogP contribution is 2.22. The van der Waals surface area contributed by atoms with Gasteiger partial charge in [0.05, 0.1) is 6.20 Å². The van der Waals surface area contributed by atoms with Crippen LogP contribution in [0.3, 0.4) is 0 Å². The van der Waals surface area contributed by atoms with E-state index in [2.05, 4.69) is 21.0 Å². The molecule has 0 fully saturated rings. The summed E-state index contributed by atoms with van der Waals surface area (Å²) in [5.41, 5.74) is 0. The summed E-state index contributed by atoms with van der Waals surface area (Å²) in [6, 6.07) is 0. The Hall–Kier alpha value is -0.610. The van der Waals surface area contributed by atoms with Crippen LogP contribution in [0.2, 0.25) is 0 Å². The first-order valence-corrected chi connectivity index (χ1v) is 7.34. The Bertz CT molecular complexity index is 500. The third kappa shape index (κ3) is 3.95. The third-order valence-corrected chi connectivity index (χ3v) is 4.16. The van der Waals surface area contributed by atoms with E-state index in [9.17, 15) is 21.6 Å². The number of aromatic nitrogens is 2. The van der Waals surface area contributed by atoms with E-state index in [1.165, 1.54) is 11.7 Å². The maximum absolute atomic E-state index is 12.3. The van der Waals surface area contributed by atoms with Crippen molar-refractivity contribution in [1.29, 1.82) is 0 Å². The highest BCUT2D eigenvalue weighted by Gasteiger charge is 2.37. The molecule has 0 spiro atoms. The first-order chi connectivity index (χ1) is 8.16. The van der Waals surface area contributed by atoms with E-state index < -0.39 is 22.7 Å². The average molecular weight is 350 g/mol. The second-order valence-electron chi connectivity index (χ2n) is 3.49. The van der Waals surface area contributed by atoms with Gasteiger partial charge in [-0.2, -0.15) is 22.6 Å². The second kappa shape index (κ2) is 5.57. The van der Waals surface area contributed by atoms with Gasteiger partial charge in [-0.3, -0.25) is 4.68 Å². The molecule has 104 valence electrons. The molecule has 10 heteroatoms. The fraction of sp³-hybridized carbons (Fsp3) is 0.625. The monoisotopic (exact) mass is 349 g/mol. The van der Waals surface area contributed by atoms with Crippen LogP contribution < -0.4 is 0 Å². The highest BCUT2D eigenvalue weighted by atomic mass is 79.9. The Morgan fingerprint density at radius 2 is 2.11 bits per heavy atom. The number of alkyl halides is 4. The molecule has 0 bridgehead atoms. The van der Waals surface area contributed by atoms with Crippen LogP contribution in [0.15, 0.2) is 17.3 Å². The number of hydrogen-bond donors (Lipinski definition) is 0. The molecule has 1 aromatic heterocycles. The smallest absolute Gasteiger partial charge is 0.274 e. The normalized spacial score (nSPS) is 13.2. The van der Waals surface area contributed by atoms with Crippen molar-refractivity contribution in [2.75, 3.05) is 18.4 Å². The van der Waals surface area contributed by atoms with Crippen molar-refractivity contribution in [3.05, 3.63) is 12.4 Å². The topological polar surface area (TPSA) is 55.2 Å². The van der Waals surface area contributed by atoms with Gasteiger partial charge in [-0.25, -0.2) is 8.42 Å². The number of sulfonamides is 1. The van der Waals surface area contributed by atoms with Crippen LogP contribution in [0.1, 0.15) is 0 Å². The molecule has 0 amide bonds. The first kappa shape index (κ1) is 15.4. The van der Waals surface area contributed by atoms with Crippen molar-refractivity contribution in [1.82, 2.24) is 14.1 Å². The molecule has 0 unspecified atom stereocenters. The number of halogens is 4. The van der Waals surface area contributed by atoms with Crippen molar-refractivity contribution in [2.24, 2.45) is 7.05 Å². The SMILES string of the molecule is Cn1cc(S(=O)(=O)N(CCBr)CC(F)(F)F)cn1. The molecule has 0 atom stereocenters. The van der Waals surface area contributed by atoms with Gasteiger partial charge in [-0.1, -0.05) is 15.9 Å². The zero-order chi connectivity index (χ0) is 14.0. The summed E-state index contributed by atoms with van der Waals surface area (Å²) in [4.78, 5) is -0.254.